The second-order valence-corrected chi connectivity index (χ2v) is 10.3. The van der Waals surface area contributed by atoms with Crippen molar-refractivity contribution in [3.63, 3.8) is 0 Å². The van der Waals surface area contributed by atoms with Gasteiger partial charge in [0.25, 0.3) is 0 Å². The number of carbonyl (C=O) groups excluding carboxylic acids is 4. The Morgan fingerprint density at radius 2 is 1.61 bits per heavy atom. The molecular formula is C23H39N3O10. The molecule has 2 saturated heterocycles. The smallest absolute Gasteiger partial charge is 0.408 e. The van der Waals surface area contributed by atoms with Crippen LogP contribution in [0.25, 0.3) is 0 Å². The number of hydrogen-bond acceptors (Lipinski definition) is 10. The molecule has 0 unspecified atom stereocenters. The zero-order valence-electron chi connectivity index (χ0n) is 22.3. The SMILES string of the molecule is COC(=O)[C@H](C)NC(=O)C[C@H](NC(=O)[C@H](C)NC(=O)OC(C)(C)C)[C@H]1O[C@@H]2OC(C)(C)O[C@@H]2[C@H]1OC. The molecule has 0 radical (unpaired) electrons. The van der Waals surface area contributed by atoms with Gasteiger partial charge in [-0.25, -0.2) is 9.59 Å². The van der Waals surface area contributed by atoms with Crippen LogP contribution in [0.1, 0.15) is 54.9 Å². The summed E-state index contributed by atoms with van der Waals surface area (Å²) >= 11 is 0. The minimum Gasteiger partial charge on any atom is -0.467 e. The molecular weight excluding hydrogens is 478 g/mol. The fourth-order valence-corrected chi connectivity index (χ4v) is 3.94. The van der Waals surface area contributed by atoms with Crippen LogP contribution in [0.15, 0.2) is 0 Å². The number of rotatable bonds is 9. The second-order valence-electron chi connectivity index (χ2n) is 10.3. The fraction of sp³-hybridized carbons (Fsp3) is 0.826. The standard InChI is InChI=1S/C23H39N3O10/c1-11(25-21(30)36-22(3,4)5)18(28)26-13(10-14(27)24-12(2)19(29)32-9)15-16(31-8)17-20(33-15)35-23(6,7)34-17/h11-13,15-17,20H,10H2,1-9H3,(H,24,27)(H,25,30)(H,26,28)/t11-,12-,13-,15+,16-,17+,20+/m0/s1. The molecule has 0 aromatic rings. The molecule has 2 aliphatic rings. The Bertz CT molecular complexity index is 827. The summed E-state index contributed by atoms with van der Waals surface area (Å²) in [6.45, 7) is 11.5. The van der Waals surface area contributed by atoms with Gasteiger partial charge in [0.15, 0.2) is 12.1 Å². The van der Waals surface area contributed by atoms with Gasteiger partial charge >= 0.3 is 12.1 Å². The highest BCUT2D eigenvalue weighted by Gasteiger charge is 2.57. The van der Waals surface area contributed by atoms with E-state index in [1.54, 1.807) is 34.6 Å². The van der Waals surface area contributed by atoms with Gasteiger partial charge < -0.3 is 44.4 Å². The van der Waals surface area contributed by atoms with E-state index in [1.165, 1.54) is 28.1 Å². The highest BCUT2D eigenvalue weighted by molar-refractivity contribution is 5.87. The van der Waals surface area contributed by atoms with E-state index >= 15 is 0 Å². The number of alkyl carbamates (subject to hydrolysis) is 1. The third-order valence-corrected chi connectivity index (χ3v) is 5.49. The van der Waals surface area contributed by atoms with Gasteiger partial charge in [0.05, 0.1) is 13.2 Å². The van der Waals surface area contributed by atoms with Crippen molar-refractivity contribution in [2.75, 3.05) is 14.2 Å². The van der Waals surface area contributed by atoms with E-state index in [4.69, 9.17) is 23.7 Å². The van der Waals surface area contributed by atoms with E-state index in [0.717, 1.165) is 0 Å². The van der Waals surface area contributed by atoms with Crippen LogP contribution in [0.5, 0.6) is 0 Å². The lowest BCUT2D eigenvalue weighted by Gasteiger charge is -2.31. The van der Waals surface area contributed by atoms with E-state index in [-0.39, 0.29) is 6.42 Å². The number of amides is 3. The molecule has 0 aromatic heterocycles. The van der Waals surface area contributed by atoms with Gasteiger partial charge in [-0.05, 0) is 48.5 Å². The molecule has 7 atom stereocenters. The van der Waals surface area contributed by atoms with Gasteiger partial charge in [0.2, 0.25) is 11.8 Å². The Balaban J connectivity index is 2.17. The third-order valence-electron chi connectivity index (χ3n) is 5.49. The van der Waals surface area contributed by atoms with Crippen LogP contribution in [0, 0.1) is 0 Å². The molecule has 0 aromatic carbocycles. The van der Waals surface area contributed by atoms with Crippen LogP contribution < -0.4 is 16.0 Å². The minimum absolute atomic E-state index is 0.264. The molecule has 13 heteroatoms. The van der Waals surface area contributed by atoms with Crippen LogP contribution >= 0.6 is 0 Å². The predicted molar refractivity (Wildman–Crippen MR) is 124 cm³/mol. The van der Waals surface area contributed by atoms with E-state index in [2.05, 4.69) is 20.7 Å². The van der Waals surface area contributed by atoms with E-state index in [9.17, 15) is 19.2 Å². The Labute approximate surface area is 211 Å². The molecule has 206 valence electrons. The monoisotopic (exact) mass is 517 g/mol. The Morgan fingerprint density at radius 1 is 0.972 bits per heavy atom. The molecule has 0 saturated carbocycles. The number of nitrogens with one attached hydrogen (secondary N) is 3. The first kappa shape index (κ1) is 29.7. The molecule has 3 amide bonds. The minimum atomic E-state index is -0.993. The summed E-state index contributed by atoms with van der Waals surface area (Å²) in [5, 5.41) is 7.73. The number of fused-ring (bicyclic) bond motifs is 1. The van der Waals surface area contributed by atoms with Crippen molar-refractivity contribution in [1.29, 1.82) is 0 Å². The molecule has 3 N–H and O–H groups in total. The third kappa shape index (κ3) is 8.02. The first-order valence-corrected chi connectivity index (χ1v) is 11.8. The lowest BCUT2D eigenvalue weighted by Crippen LogP contribution is -2.56. The van der Waals surface area contributed by atoms with Crippen molar-refractivity contribution in [3.8, 4) is 0 Å². The van der Waals surface area contributed by atoms with Gasteiger partial charge in [-0.2, -0.15) is 0 Å². The van der Waals surface area contributed by atoms with Crippen molar-refractivity contribution >= 4 is 23.9 Å². The number of methoxy groups -OCH3 is 2. The van der Waals surface area contributed by atoms with Crippen LogP contribution in [0.3, 0.4) is 0 Å². The normalized spacial score (nSPS) is 27.2. The van der Waals surface area contributed by atoms with Crippen molar-refractivity contribution < 1.29 is 47.6 Å². The first-order chi connectivity index (χ1) is 16.6. The van der Waals surface area contributed by atoms with Gasteiger partial charge in [0.1, 0.15) is 36.0 Å². The van der Waals surface area contributed by atoms with Crippen molar-refractivity contribution in [1.82, 2.24) is 16.0 Å². The maximum atomic E-state index is 13.0. The summed E-state index contributed by atoms with van der Waals surface area (Å²) in [4.78, 5) is 49.5. The maximum absolute atomic E-state index is 13.0. The summed E-state index contributed by atoms with van der Waals surface area (Å²) < 4.78 is 33.1. The molecule has 2 heterocycles. The van der Waals surface area contributed by atoms with Crippen LogP contribution in [0.4, 0.5) is 4.79 Å². The van der Waals surface area contributed by atoms with Gasteiger partial charge in [-0.3, -0.25) is 9.59 Å². The Kier molecular flexibility index (Phi) is 9.68. The van der Waals surface area contributed by atoms with Gasteiger partial charge in [-0.15, -0.1) is 0 Å². The molecule has 0 bridgehead atoms. The highest BCUT2D eigenvalue weighted by atomic mass is 16.8. The van der Waals surface area contributed by atoms with Crippen molar-refractivity contribution in [2.45, 2.75) is 109 Å². The summed E-state index contributed by atoms with van der Waals surface area (Å²) in [5.74, 6) is -2.64. The lowest BCUT2D eigenvalue weighted by molar-refractivity contribution is -0.220. The van der Waals surface area contributed by atoms with Crippen molar-refractivity contribution in [3.05, 3.63) is 0 Å². The van der Waals surface area contributed by atoms with Gasteiger partial charge in [0, 0.05) is 13.5 Å². The Hall–Kier alpha value is -2.48. The number of carbonyl (C=O) groups is 4. The lowest BCUT2D eigenvalue weighted by atomic mass is 9.99. The molecule has 2 aliphatic heterocycles. The first-order valence-electron chi connectivity index (χ1n) is 11.8. The van der Waals surface area contributed by atoms with Crippen molar-refractivity contribution in [2.24, 2.45) is 0 Å². The van der Waals surface area contributed by atoms with Crippen LogP contribution in [-0.4, -0.2) is 92.2 Å². The average molecular weight is 518 g/mol. The van der Waals surface area contributed by atoms with Crippen LogP contribution in [-0.2, 0) is 42.8 Å². The highest BCUT2D eigenvalue weighted by Crippen LogP contribution is 2.39. The average Bonchev–Trinajstić information content (AvgIpc) is 3.21. The Morgan fingerprint density at radius 3 is 2.17 bits per heavy atom. The zero-order valence-corrected chi connectivity index (χ0v) is 22.3. The number of esters is 1. The van der Waals surface area contributed by atoms with Crippen LogP contribution in [0.2, 0.25) is 0 Å². The molecule has 2 rings (SSSR count). The summed E-state index contributed by atoms with van der Waals surface area (Å²) in [5.41, 5.74) is -0.744. The largest absolute Gasteiger partial charge is 0.467 e. The predicted octanol–water partition coefficient (Wildman–Crippen LogP) is 0.344. The quantitative estimate of drug-likeness (QED) is 0.364. The maximum Gasteiger partial charge on any atom is 0.408 e. The number of ether oxygens (including phenoxy) is 6. The second kappa shape index (κ2) is 11.7. The van der Waals surface area contributed by atoms with E-state index in [0.29, 0.717) is 0 Å². The van der Waals surface area contributed by atoms with E-state index in [1.807, 2.05) is 0 Å². The topological polar surface area (TPSA) is 160 Å². The number of hydrogen-bond donors (Lipinski definition) is 3. The molecule has 36 heavy (non-hydrogen) atoms. The summed E-state index contributed by atoms with van der Waals surface area (Å²) in [6, 6.07) is -2.81. The summed E-state index contributed by atoms with van der Waals surface area (Å²) in [7, 11) is 2.67. The molecule has 0 spiro atoms. The molecule has 0 aliphatic carbocycles. The molecule has 2 fully saturated rings. The van der Waals surface area contributed by atoms with E-state index < -0.39 is 78.0 Å². The zero-order chi connectivity index (χ0) is 27.4. The van der Waals surface area contributed by atoms with Gasteiger partial charge in [-0.1, -0.05) is 0 Å². The fourth-order valence-electron chi connectivity index (χ4n) is 3.94. The molecule has 13 nitrogen and oxygen atoms in total. The summed E-state index contributed by atoms with van der Waals surface area (Å²) in [6.07, 6.45) is -3.91.